The van der Waals surface area contributed by atoms with Crippen LogP contribution in [0.3, 0.4) is 0 Å². The minimum Gasteiger partial charge on any atom is -0.507 e. The van der Waals surface area contributed by atoms with Crippen molar-refractivity contribution in [1.29, 1.82) is 0 Å². The number of nitrogens with one attached hydrogen (secondary N) is 1. The van der Waals surface area contributed by atoms with Gasteiger partial charge in [0.05, 0.1) is 5.56 Å². The molecule has 0 fully saturated rings. The number of hydrogen-bond acceptors (Lipinski definition) is 2. The number of aromatic hydroxyl groups is 1. The van der Waals surface area contributed by atoms with Crippen LogP contribution in [0.2, 0.25) is 0 Å². The molecule has 0 spiro atoms. The predicted octanol–water partition coefficient (Wildman–Crippen LogP) is 2.63. The Bertz CT molecular complexity index is 529. The minimum atomic E-state index is -0.255. The van der Waals surface area contributed by atoms with Crippen LogP contribution in [0.25, 0.3) is 0 Å². The van der Waals surface area contributed by atoms with Gasteiger partial charge in [-0.3, -0.25) is 4.79 Å². The molecule has 0 aromatic heterocycles. The van der Waals surface area contributed by atoms with Gasteiger partial charge in [0.25, 0.3) is 5.91 Å². The van der Waals surface area contributed by atoms with Crippen molar-refractivity contribution in [2.24, 2.45) is 0 Å². The van der Waals surface area contributed by atoms with E-state index in [0.29, 0.717) is 12.1 Å². The lowest BCUT2D eigenvalue weighted by Gasteiger charge is -2.09. The summed E-state index contributed by atoms with van der Waals surface area (Å²) in [5.74, 6) is -0.241. The van der Waals surface area contributed by atoms with E-state index >= 15 is 0 Å². The van der Waals surface area contributed by atoms with Gasteiger partial charge in [-0.05, 0) is 24.1 Å². The molecule has 18 heavy (non-hydrogen) atoms. The van der Waals surface area contributed by atoms with E-state index in [0.717, 1.165) is 11.1 Å². The molecule has 2 rings (SSSR count). The van der Waals surface area contributed by atoms with E-state index in [-0.39, 0.29) is 11.7 Å². The highest BCUT2D eigenvalue weighted by atomic mass is 16.3. The zero-order chi connectivity index (χ0) is 13.0. The standard InChI is InChI=1S/C15H15NO2/c1-11-6-5-9-13(17)14(11)15(18)16-10-12-7-3-2-4-8-12/h2-9,17H,10H2,1H3,(H,16,18). The molecule has 2 aromatic carbocycles. The van der Waals surface area contributed by atoms with Gasteiger partial charge in [-0.2, -0.15) is 0 Å². The summed E-state index contributed by atoms with van der Waals surface area (Å²) >= 11 is 0. The molecule has 0 aliphatic carbocycles. The van der Waals surface area contributed by atoms with E-state index in [1.54, 1.807) is 19.1 Å². The molecular weight excluding hydrogens is 226 g/mol. The third kappa shape index (κ3) is 2.69. The van der Waals surface area contributed by atoms with Crippen LogP contribution in [0.4, 0.5) is 0 Å². The number of rotatable bonds is 3. The van der Waals surface area contributed by atoms with Crippen molar-refractivity contribution >= 4 is 5.91 Å². The number of amides is 1. The van der Waals surface area contributed by atoms with Gasteiger partial charge in [-0.15, -0.1) is 0 Å². The second-order valence-corrected chi connectivity index (χ2v) is 4.14. The van der Waals surface area contributed by atoms with Crippen LogP contribution in [0.15, 0.2) is 48.5 Å². The maximum Gasteiger partial charge on any atom is 0.255 e. The fourth-order valence-corrected chi connectivity index (χ4v) is 1.81. The molecule has 0 heterocycles. The van der Waals surface area contributed by atoms with Gasteiger partial charge in [0, 0.05) is 6.54 Å². The van der Waals surface area contributed by atoms with Crippen LogP contribution in [0.1, 0.15) is 21.5 Å². The number of phenolic OH excluding ortho intramolecular Hbond substituents is 1. The van der Waals surface area contributed by atoms with Gasteiger partial charge in [0.2, 0.25) is 0 Å². The number of phenols is 1. The van der Waals surface area contributed by atoms with Gasteiger partial charge < -0.3 is 10.4 Å². The number of hydrogen-bond donors (Lipinski definition) is 2. The lowest BCUT2D eigenvalue weighted by Crippen LogP contribution is -2.23. The smallest absolute Gasteiger partial charge is 0.255 e. The minimum absolute atomic E-state index is 0.0144. The Morgan fingerprint density at radius 2 is 1.83 bits per heavy atom. The molecule has 1 amide bonds. The van der Waals surface area contributed by atoms with Crippen molar-refractivity contribution in [1.82, 2.24) is 5.32 Å². The van der Waals surface area contributed by atoms with Gasteiger partial charge in [-0.25, -0.2) is 0 Å². The predicted molar refractivity (Wildman–Crippen MR) is 70.5 cm³/mol. The summed E-state index contributed by atoms with van der Waals surface area (Å²) in [7, 11) is 0. The highest BCUT2D eigenvalue weighted by molar-refractivity contribution is 5.98. The van der Waals surface area contributed by atoms with Crippen LogP contribution >= 0.6 is 0 Å². The Morgan fingerprint density at radius 1 is 1.11 bits per heavy atom. The molecule has 2 N–H and O–H groups in total. The van der Waals surface area contributed by atoms with Gasteiger partial charge in [0.15, 0.2) is 0 Å². The SMILES string of the molecule is Cc1cccc(O)c1C(=O)NCc1ccccc1. The second-order valence-electron chi connectivity index (χ2n) is 4.14. The molecule has 3 heteroatoms. The van der Waals surface area contributed by atoms with Crippen LogP contribution in [0, 0.1) is 6.92 Å². The fourth-order valence-electron chi connectivity index (χ4n) is 1.81. The molecular formula is C15H15NO2. The van der Waals surface area contributed by atoms with Crippen molar-refractivity contribution in [3.05, 3.63) is 65.2 Å². The largest absolute Gasteiger partial charge is 0.507 e. The highest BCUT2D eigenvalue weighted by Gasteiger charge is 2.12. The van der Waals surface area contributed by atoms with Crippen molar-refractivity contribution in [3.63, 3.8) is 0 Å². The zero-order valence-electron chi connectivity index (χ0n) is 10.2. The Balaban J connectivity index is 2.09. The van der Waals surface area contributed by atoms with Crippen molar-refractivity contribution in [2.75, 3.05) is 0 Å². The fraction of sp³-hybridized carbons (Fsp3) is 0.133. The maximum absolute atomic E-state index is 12.0. The van der Waals surface area contributed by atoms with E-state index < -0.39 is 0 Å². The second kappa shape index (κ2) is 5.36. The highest BCUT2D eigenvalue weighted by Crippen LogP contribution is 2.20. The van der Waals surface area contributed by atoms with Crippen molar-refractivity contribution in [2.45, 2.75) is 13.5 Å². The summed E-state index contributed by atoms with van der Waals surface area (Å²) in [6, 6.07) is 14.7. The average Bonchev–Trinajstić information content (AvgIpc) is 2.37. The average molecular weight is 241 g/mol. The molecule has 0 unspecified atom stereocenters. The zero-order valence-corrected chi connectivity index (χ0v) is 10.2. The monoisotopic (exact) mass is 241 g/mol. The molecule has 0 atom stereocenters. The summed E-state index contributed by atoms with van der Waals surface area (Å²) in [4.78, 5) is 12.0. The molecule has 0 bridgehead atoms. The van der Waals surface area contributed by atoms with Crippen LogP contribution in [0.5, 0.6) is 5.75 Å². The first-order chi connectivity index (χ1) is 8.68. The van der Waals surface area contributed by atoms with Gasteiger partial charge in [0.1, 0.15) is 5.75 Å². The van der Waals surface area contributed by atoms with E-state index in [1.165, 1.54) is 6.07 Å². The number of aryl methyl sites for hydroxylation is 1. The summed E-state index contributed by atoms with van der Waals surface area (Å²) in [5.41, 5.74) is 2.13. The first-order valence-electron chi connectivity index (χ1n) is 5.79. The van der Waals surface area contributed by atoms with E-state index in [4.69, 9.17) is 0 Å². The quantitative estimate of drug-likeness (QED) is 0.867. The molecule has 0 saturated carbocycles. The third-order valence-electron chi connectivity index (χ3n) is 2.77. The van der Waals surface area contributed by atoms with Crippen molar-refractivity contribution in [3.8, 4) is 5.75 Å². The Kier molecular flexibility index (Phi) is 3.63. The topological polar surface area (TPSA) is 49.3 Å². The Morgan fingerprint density at radius 3 is 2.50 bits per heavy atom. The first kappa shape index (κ1) is 12.2. The molecule has 0 aliphatic rings. The van der Waals surface area contributed by atoms with E-state index in [9.17, 15) is 9.90 Å². The van der Waals surface area contributed by atoms with E-state index in [2.05, 4.69) is 5.32 Å². The van der Waals surface area contributed by atoms with Crippen LogP contribution in [-0.4, -0.2) is 11.0 Å². The molecule has 0 radical (unpaired) electrons. The lowest BCUT2D eigenvalue weighted by atomic mass is 10.1. The normalized spacial score (nSPS) is 10.1. The summed E-state index contributed by atoms with van der Waals surface area (Å²) in [6.45, 7) is 2.25. The van der Waals surface area contributed by atoms with Crippen LogP contribution < -0.4 is 5.32 Å². The number of carbonyl (C=O) groups is 1. The summed E-state index contributed by atoms with van der Waals surface area (Å²) in [6.07, 6.45) is 0. The molecule has 2 aromatic rings. The van der Waals surface area contributed by atoms with Crippen molar-refractivity contribution < 1.29 is 9.90 Å². The lowest BCUT2D eigenvalue weighted by molar-refractivity contribution is 0.0947. The maximum atomic E-state index is 12.0. The van der Waals surface area contributed by atoms with E-state index in [1.807, 2.05) is 30.3 Å². The molecule has 0 aliphatic heterocycles. The molecule has 0 saturated heterocycles. The van der Waals surface area contributed by atoms with Crippen LogP contribution in [-0.2, 0) is 6.54 Å². The summed E-state index contributed by atoms with van der Waals surface area (Å²) in [5, 5.41) is 12.5. The number of benzene rings is 2. The van der Waals surface area contributed by atoms with Gasteiger partial charge >= 0.3 is 0 Å². The van der Waals surface area contributed by atoms with Gasteiger partial charge in [-0.1, -0.05) is 42.5 Å². The molecule has 92 valence electrons. The first-order valence-corrected chi connectivity index (χ1v) is 5.79. The Labute approximate surface area is 106 Å². The number of carbonyl (C=O) groups excluding carboxylic acids is 1. The third-order valence-corrected chi connectivity index (χ3v) is 2.77. The summed E-state index contributed by atoms with van der Waals surface area (Å²) < 4.78 is 0. The molecule has 3 nitrogen and oxygen atoms in total. The Hall–Kier alpha value is -2.29.